The summed E-state index contributed by atoms with van der Waals surface area (Å²) in [4.78, 5) is 110. The number of rotatable bonds is 21. The largest absolute Gasteiger partial charge is 0.480 e. The smallest absolute Gasteiger partial charge is 0.322 e. The molecule has 0 saturated carbocycles. The fourth-order valence-electron chi connectivity index (χ4n) is 5.20. The summed E-state index contributed by atoms with van der Waals surface area (Å²) in [6, 6.07) is -3.03. The van der Waals surface area contributed by atoms with Gasteiger partial charge in [0.15, 0.2) is 0 Å². The number of carboxylic acids is 1. The Bertz CT molecular complexity index is 1300. The van der Waals surface area contributed by atoms with Gasteiger partial charge in [0.1, 0.15) is 18.6 Å². The third kappa shape index (κ3) is 14.9. The highest BCUT2D eigenvalue weighted by Gasteiger charge is 2.31. The molecule has 11 N–H and O–H groups in total. The number of hydrogen-bond acceptors (Lipinski definition) is 11. The Morgan fingerprint density at radius 3 is 2.18 bits per heavy atom. The van der Waals surface area contributed by atoms with E-state index in [1.165, 1.54) is 11.8 Å². The Morgan fingerprint density at radius 1 is 0.820 bits per heavy atom. The van der Waals surface area contributed by atoms with Crippen molar-refractivity contribution < 1.29 is 48.3 Å². The number of aliphatic carboxylic acids is 1. The monoisotopic (exact) mass is 708 g/mol. The van der Waals surface area contributed by atoms with Gasteiger partial charge < -0.3 is 58.3 Å². The molecule has 0 bridgehead atoms. The summed E-state index contributed by atoms with van der Waals surface area (Å²) in [5.41, 5.74) is 5.56. The molecule has 20 nitrogen and oxygen atoms in total. The first kappa shape index (κ1) is 40.9. The van der Waals surface area contributed by atoms with Gasteiger partial charge in [0.05, 0.1) is 31.7 Å². The van der Waals surface area contributed by atoms with Crippen LogP contribution in [0.25, 0.3) is 0 Å². The molecular formula is C30H48N10O10. The number of hydrogen-bond donors (Lipinski definition) is 10. The molecule has 2 rings (SSSR count). The van der Waals surface area contributed by atoms with Gasteiger partial charge in [0.25, 0.3) is 0 Å². The molecule has 2 heterocycles. The van der Waals surface area contributed by atoms with Crippen LogP contribution in [0.5, 0.6) is 0 Å². The van der Waals surface area contributed by atoms with Crippen LogP contribution in [0.15, 0.2) is 12.3 Å². The van der Waals surface area contributed by atoms with Crippen molar-refractivity contribution in [2.24, 2.45) is 5.73 Å². The Morgan fingerprint density at radius 2 is 1.52 bits per heavy atom. The number of amides is 8. The second-order valence-electron chi connectivity index (χ2n) is 11.8. The number of carbonyl (C=O) groups is 9. The lowest BCUT2D eigenvalue weighted by Gasteiger charge is -2.27. The highest BCUT2D eigenvalue weighted by molar-refractivity contribution is 5.93. The molecule has 2 saturated heterocycles. The minimum atomic E-state index is -1.21. The third-order valence-electron chi connectivity index (χ3n) is 7.86. The number of carboxylic acid groups (broad SMARTS) is 1. The first-order chi connectivity index (χ1) is 23.7. The van der Waals surface area contributed by atoms with Gasteiger partial charge in [0.2, 0.25) is 47.3 Å². The molecule has 4 atom stereocenters. The predicted octanol–water partition coefficient (Wildman–Crippen LogP) is -4.97. The van der Waals surface area contributed by atoms with Gasteiger partial charge in [-0.15, -0.1) is 0 Å². The van der Waals surface area contributed by atoms with Crippen LogP contribution in [0.4, 0.5) is 0 Å². The lowest BCUT2D eigenvalue weighted by molar-refractivity contribution is -0.136. The number of nitrogens with one attached hydrogen (secondary N) is 8. The van der Waals surface area contributed by atoms with E-state index >= 15 is 0 Å². The molecule has 278 valence electrons. The van der Waals surface area contributed by atoms with Crippen molar-refractivity contribution >= 4 is 53.2 Å². The average Bonchev–Trinajstić information content (AvgIpc) is 3.79. The molecule has 50 heavy (non-hydrogen) atoms. The van der Waals surface area contributed by atoms with E-state index in [1.807, 2.05) is 0 Å². The molecule has 0 aromatic rings. The molecule has 0 radical (unpaired) electrons. The van der Waals surface area contributed by atoms with Gasteiger partial charge in [-0.1, -0.05) is 6.58 Å². The Labute approximate surface area is 288 Å². The average molecular weight is 709 g/mol. The van der Waals surface area contributed by atoms with Crippen LogP contribution in [0, 0.1) is 0 Å². The van der Waals surface area contributed by atoms with Crippen molar-refractivity contribution in [2.75, 3.05) is 45.8 Å². The molecule has 8 amide bonds. The van der Waals surface area contributed by atoms with Crippen LogP contribution in [0.1, 0.15) is 51.9 Å². The normalized spacial score (nSPS) is 17.7. The standard InChI is InChI=1S/C30H48N10O10/c1-17(34-16-27(46)47)21-6-4-12-40(21)26(45)15-37-28(48)18(2)38-23(42)9-11-33-24(43)13-35-30(50)20(7-8-22(31)41)39-25(44)14-36-29(49)19-5-3-10-32-19/h18-21,32,34H,1,3-16H2,2H3,(H2,31,41)(H,33,43)(H,35,50)(H,36,49)(H,37,48)(H,38,42)(H,39,44)(H,46,47). The third-order valence-corrected chi connectivity index (χ3v) is 7.86. The van der Waals surface area contributed by atoms with E-state index in [0.717, 1.165) is 6.42 Å². The van der Waals surface area contributed by atoms with Crippen LogP contribution in [-0.2, 0) is 43.2 Å². The van der Waals surface area contributed by atoms with Gasteiger partial charge in [0, 0.05) is 31.6 Å². The van der Waals surface area contributed by atoms with E-state index in [2.05, 4.69) is 49.1 Å². The minimum absolute atomic E-state index is 0.138. The SMILES string of the molecule is C=C(NCC(=O)O)C1CCCN1C(=O)CNC(=O)C(C)NC(=O)CCNC(=O)CNC(=O)C(CCC(N)=O)NC(=O)CNC(=O)C1CCCN1. The second kappa shape index (κ2) is 21.0. The van der Waals surface area contributed by atoms with Crippen LogP contribution in [0.2, 0.25) is 0 Å². The van der Waals surface area contributed by atoms with Crippen LogP contribution >= 0.6 is 0 Å². The van der Waals surface area contributed by atoms with Crippen molar-refractivity contribution in [1.82, 2.24) is 47.4 Å². The van der Waals surface area contributed by atoms with E-state index in [0.29, 0.717) is 38.0 Å². The second-order valence-corrected chi connectivity index (χ2v) is 11.8. The summed E-state index contributed by atoms with van der Waals surface area (Å²) in [5, 5.41) is 29.1. The predicted molar refractivity (Wildman–Crippen MR) is 175 cm³/mol. The highest BCUT2D eigenvalue weighted by atomic mass is 16.4. The molecular weight excluding hydrogens is 660 g/mol. The Balaban J connectivity index is 1.69. The van der Waals surface area contributed by atoms with Crippen LogP contribution < -0.4 is 48.3 Å². The van der Waals surface area contributed by atoms with E-state index < -0.39 is 84.6 Å². The summed E-state index contributed by atoms with van der Waals surface area (Å²) in [6.45, 7) is 4.61. The summed E-state index contributed by atoms with van der Waals surface area (Å²) in [5.74, 6) is -5.83. The maximum Gasteiger partial charge on any atom is 0.322 e. The number of primary amides is 1. The van der Waals surface area contributed by atoms with Gasteiger partial charge in [-0.2, -0.15) is 0 Å². The zero-order chi connectivity index (χ0) is 37.2. The van der Waals surface area contributed by atoms with E-state index in [1.54, 1.807) is 0 Å². The number of carbonyl (C=O) groups excluding carboxylic acids is 8. The first-order valence-electron chi connectivity index (χ1n) is 16.3. The maximum atomic E-state index is 12.7. The molecule has 0 aromatic carbocycles. The quantitative estimate of drug-likeness (QED) is 0.0536. The number of likely N-dealkylation sites (tertiary alicyclic amines) is 1. The van der Waals surface area contributed by atoms with Crippen LogP contribution in [-0.4, -0.2) is 133 Å². The fraction of sp³-hybridized carbons (Fsp3) is 0.633. The molecule has 2 aliphatic rings. The van der Waals surface area contributed by atoms with E-state index in [9.17, 15) is 43.2 Å². The Kier molecular flexibility index (Phi) is 17.1. The number of nitrogens with zero attached hydrogens (tertiary/aromatic N) is 1. The molecule has 0 aliphatic carbocycles. The van der Waals surface area contributed by atoms with E-state index in [-0.39, 0.29) is 44.8 Å². The van der Waals surface area contributed by atoms with Gasteiger partial charge in [-0.3, -0.25) is 43.2 Å². The lowest BCUT2D eigenvalue weighted by Crippen LogP contribution is -2.52. The number of nitrogens with two attached hydrogens (primary N) is 1. The molecule has 2 aliphatic heterocycles. The maximum absolute atomic E-state index is 12.7. The van der Waals surface area contributed by atoms with Crippen molar-refractivity contribution in [3.8, 4) is 0 Å². The summed E-state index contributed by atoms with van der Waals surface area (Å²) < 4.78 is 0. The van der Waals surface area contributed by atoms with Crippen molar-refractivity contribution in [2.45, 2.75) is 76.0 Å². The van der Waals surface area contributed by atoms with Crippen molar-refractivity contribution in [3.63, 3.8) is 0 Å². The lowest BCUT2D eigenvalue weighted by atomic mass is 10.1. The summed E-state index contributed by atoms with van der Waals surface area (Å²) in [6.07, 6.45) is 2.17. The van der Waals surface area contributed by atoms with Gasteiger partial charge in [-0.05, 0) is 45.6 Å². The minimum Gasteiger partial charge on any atom is -0.480 e. The van der Waals surface area contributed by atoms with Crippen molar-refractivity contribution in [1.29, 1.82) is 0 Å². The van der Waals surface area contributed by atoms with Gasteiger partial charge in [-0.25, -0.2) is 0 Å². The molecule has 2 fully saturated rings. The van der Waals surface area contributed by atoms with E-state index in [4.69, 9.17) is 10.8 Å². The molecule has 20 heteroatoms. The summed E-state index contributed by atoms with van der Waals surface area (Å²) >= 11 is 0. The highest BCUT2D eigenvalue weighted by Crippen LogP contribution is 2.21. The summed E-state index contributed by atoms with van der Waals surface area (Å²) in [7, 11) is 0. The van der Waals surface area contributed by atoms with Crippen LogP contribution in [0.3, 0.4) is 0 Å². The topological polar surface area (TPSA) is 299 Å². The molecule has 4 unspecified atom stereocenters. The molecule has 0 spiro atoms. The Hall–Kier alpha value is -5.27. The van der Waals surface area contributed by atoms with Crippen molar-refractivity contribution in [3.05, 3.63) is 12.3 Å². The van der Waals surface area contributed by atoms with Gasteiger partial charge >= 0.3 is 5.97 Å². The molecule has 0 aromatic heterocycles. The zero-order valence-electron chi connectivity index (χ0n) is 28.1. The fourth-order valence-corrected chi connectivity index (χ4v) is 5.20. The zero-order valence-corrected chi connectivity index (χ0v) is 28.1. The first-order valence-corrected chi connectivity index (χ1v) is 16.3.